The zero-order valence-electron chi connectivity index (χ0n) is 12.0. The number of nitrogens with one attached hydrogen (secondary N) is 1. The molecule has 3 rings (SSSR count). The Bertz CT molecular complexity index is 674. The predicted octanol–water partition coefficient (Wildman–Crippen LogP) is 3.10. The number of halogens is 1. The van der Waals surface area contributed by atoms with E-state index in [9.17, 15) is 4.79 Å². The van der Waals surface area contributed by atoms with E-state index in [-0.39, 0.29) is 11.9 Å². The maximum absolute atomic E-state index is 12.5. The van der Waals surface area contributed by atoms with Gasteiger partial charge in [-0.3, -0.25) is 9.78 Å². The first-order valence-electron chi connectivity index (χ1n) is 7.29. The number of carbonyl (C=O) groups is 1. The molecule has 0 radical (unpaired) electrons. The van der Waals surface area contributed by atoms with E-state index in [0.29, 0.717) is 0 Å². The second-order valence-electron chi connectivity index (χ2n) is 5.29. The van der Waals surface area contributed by atoms with Crippen LogP contribution in [0.1, 0.15) is 19.8 Å². The third kappa shape index (κ3) is 2.80. The lowest BCUT2D eigenvalue weighted by atomic mass is 10.2. The van der Waals surface area contributed by atoms with Gasteiger partial charge in [0.05, 0.1) is 17.2 Å². The zero-order chi connectivity index (χ0) is 14.8. The number of hydrogen-bond donors (Lipinski definition) is 1. The molecule has 1 aromatic carbocycles. The molecule has 2 heterocycles. The molecule has 0 saturated carbocycles. The molecule has 4 nitrogen and oxygen atoms in total. The Labute approximate surface area is 132 Å². The SMILES string of the molecule is CCCNC1CCN(c2cccc3cc(Br)cnc23)C1=O. The minimum absolute atomic E-state index is 0.0596. The summed E-state index contributed by atoms with van der Waals surface area (Å²) in [6.07, 6.45) is 3.67. The summed E-state index contributed by atoms with van der Waals surface area (Å²) in [4.78, 5) is 18.9. The topological polar surface area (TPSA) is 45.2 Å². The van der Waals surface area contributed by atoms with E-state index in [0.717, 1.165) is 47.0 Å². The van der Waals surface area contributed by atoms with Crippen LogP contribution in [0, 0.1) is 0 Å². The molecule has 1 fully saturated rings. The van der Waals surface area contributed by atoms with Crippen molar-refractivity contribution in [3.8, 4) is 0 Å². The van der Waals surface area contributed by atoms with Gasteiger partial charge >= 0.3 is 0 Å². The van der Waals surface area contributed by atoms with Crippen molar-refractivity contribution >= 4 is 38.4 Å². The van der Waals surface area contributed by atoms with Gasteiger partial charge in [0.25, 0.3) is 0 Å². The van der Waals surface area contributed by atoms with Crippen LogP contribution in [0.2, 0.25) is 0 Å². The highest BCUT2D eigenvalue weighted by Gasteiger charge is 2.32. The summed E-state index contributed by atoms with van der Waals surface area (Å²) in [5.41, 5.74) is 1.79. The van der Waals surface area contributed by atoms with Gasteiger partial charge in [-0.05, 0) is 47.4 Å². The van der Waals surface area contributed by atoms with Crippen molar-refractivity contribution in [3.63, 3.8) is 0 Å². The minimum atomic E-state index is -0.0596. The summed E-state index contributed by atoms with van der Waals surface area (Å²) >= 11 is 3.44. The predicted molar refractivity (Wildman–Crippen MR) is 88.5 cm³/mol. The quantitative estimate of drug-likeness (QED) is 0.924. The lowest BCUT2D eigenvalue weighted by Gasteiger charge is -2.18. The highest BCUT2D eigenvalue weighted by molar-refractivity contribution is 9.10. The summed E-state index contributed by atoms with van der Waals surface area (Å²) < 4.78 is 0.947. The van der Waals surface area contributed by atoms with Crippen molar-refractivity contribution in [3.05, 3.63) is 34.9 Å². The monoisotopic (exact) mass is 347 g/mol. The summed E-state index contributed by atoms with van der Waals surface area (Å²) in [5.74, 6) is 0.153. The first-order valence-corrected chi connectivity index (χ1v) is 8.09. The largest absolute Gasteiger partial charge is 0.309 e. The van der Waals surface area contributed by atoms with Crippen molar-refractivity contribution in [2.24, 2.45) is 0 Å². The van der Waals surface area contributed by atoms with Gasteiger partial charge in [0.2, 0.25) is 5.91 Å². The molecule has 0 aliphatic carbocycles. The molecule has 1 atom stereocenters. The molecule has 110 valence electrons. The Morgan fingerprint density at radius 2 is 2.33 bits per heavy atom. The second kappa shape index (κ2) is 6.12. The lowest BCUT2D eigenvalue weighted by molar-refractivity contribution is -0.118. The lowest BCUT2D eigenvalue weighted by Crippen LogP contribution is -2.38. The van der Waals surface area contributed by atoms with Crippen molar-refractivity contribution in [2.45, 2.75) is 25.8 Å². The smallest absolute Gasteiger partial charge is 0.244 e. The summed E-state index contributed by atoms with van der Waals surface area (Å²) in [7, 11) is 0. The van der Waals surface area contributed by atoms with Crippen LogP contribution in [0.3, 0.4) is 0 Å². The van der Waals surface area contributed by atoms with E-state index in [1.807, 2.05) is 29.2 Å². The zero-order valence-corrected chi connectivity index (χ0v) is 13.6. The average molecular weight is 348 g/mol. The maximum Gasteiger partial charge on any atom is 0.244 e. The van der Waals surface area contributed by atoms with Crippen LogP contribution in [-0.2, 0) is 4.79 Å². The average Bonchev–Trinajstić information content (AvgIpc) is 2.85. The molecule has 5 heteroatoms. The molecule has 1 unspecified atom stereocenters. The number of amides is 1. The Balaban J connectivity index is 1.93. The van der Waals surface area contributed by atoms with E-state index in [2.05, 4.69) is 33.2 Å². The minimum Gasteiger partial charge on any atom is -0.309 e. The van der Waals surface area contributed by atoms with Gasteiger partial charge < -0.3 is 10.2 Å². The van der Waals surface area contributed by atoms with Crippen LogP contribution in [-0.4, -0.2) is 30.0 Å². The first kappa shape index (κ1) is 14.5. The Morgan fingerprint density at radius 3 is 3.14 bits per heavy atom. The van der Waals surface area contributed by atoms with Gasteiger partial charge in [0, 0.05) is 22.6 Å². The van der Waals surface area contributed by atoms with Crippen molar-refractivity contribution in [1.29, 1.82) is 0 Å². The molecular formula is C16H18BrN3O. The summed E-state index contributed by atoms with van der Waals surface area (Å²) in [6, 6.07) is 7.94. The van der Waals surface area contributed by atoms with Gasteiger partial charge in [-0.1, -0.05) is 19.1 Å². The van der Waals surface area contributed by atoms with E-state index in [4.69, 9.17) is 0 Å². The molecule has 1 aromatic heterocycles. The van der Waals surface area contributed by atoms with E-state index < -0.39 is 0 Å². The van der Waals surface area contributed by atoms with Crippen molar-refractivity contribution < 1.29 is 4.79 Å². The number of carbonyl (C=O) groups excluding carboxylic acids is 1. The third-order valence-electron chi connectivity index (χ3n) is 3.79. The normalized spacial score (nSPS) is 18.7. The Morgan fingerprint density at radius 1 is 1.48 bits per heavy atom. The molecule has 1 saturated heterocycles. The number of para-hydroxylation sites is 1. The van der Waals surface area contributed by atoms with Gasteiger partial charge in [0.1, 0.15) is 0 Å². The van der Waals surface area contributed by atoms with Gasteiger partial charge in [0.15, 0.2) is 0 Å². The number of aromatic nitrogens is 1. The maximum atomic E-state index is 12.5. The van der Waals surface area contributed by atoms with Gasteiger partial charge in [-0.15, -0.1) is 0 Å². The summed E-state index contributed by atoms with van der Waals surface area (Å²) in [6.45, 7) is 3.73. The molecule has 1 aliphatic heterocycles. The van der Waals surface area contributed by atoms with Crippen LogP contribution in [0.5, 0.6) is 0 Å². The van der Waals surface area contributed by atoms with Crippen LogP contribution in [0.4, 0.5) is 5.69 Å². The fourth-order valence-electron chi connectivity index (χ4n) is 2.76. The molecule has 0 bridgehead atoms. The molecule has 1 amide bonds. The van der Waals surface area contributed by atoms with Gasteiger partial charge in [-0.2, -0.15) is 0 Å². The Hall–Kier alpha value is -1.46. The highest BCUT2D eigenvalue weighted by Crippen LogP contribution is 2.29. The van der Waals surface area contributed by atoms with E-state index in [1.165, 1.54) is 0 Å². The number of nitrogens with zero attached hydrogens (tertiary/aromatic N) is 2. The van der Waals surface area contributed by atoms with Gasteiger partial charge in [-0.25, -0.2) is 0 Å². The number of rotatable bonds is 4. The highest BCUT2D eigenvalue weighted by atomic mass is 79.9. The molecule has 0 spiro atoms. The van der Waals surface area contributed by atoms with Crippen LogP contribution < -0.4 is 10.2 Å². The van der Waals surface area contributed by atoms with Crippen molar-refractivity contribution in [2.75, 3.05) is 18.0 Å². The van der Waals surface area contributed by atoms with Crippen molar-refractivity contribution in [1.82, 2.24) is 10.3 Å². The Kier molecular flexibility index (Phi) is 4.22. The number of pyridine rings is 1. The molecule has 2 aromatic rings. The number of anilines is 1. The first-order chi connectivity index (χ1) is 10.2. The molecule has 1 N–H and O–H groups in total. The molecule has 1 aliphatic rings. The van der Waals surface area contributed by atoms with Crippen LogP contribution >= 0.6 is 15.9 Å². The number of fused-ring (bicyclic) bond motifs is 1. The van der Waals surface area contributed by atoms with E-state index >= 15 is 0 Å². The fraction of sp³-hybridized carbons (Fsp3) is 0.375. The third-order valence-corrected chi connectivity index (χ3v) is 4.23. The van der Waals surface area contributed by atoms with Crippen LogP contribution in [0.25, 0.3) is 10.9 Å². The fourth-order valence-corrected chi connectivity index (χ4v) is 3.11. The second-order valence-corrected chi connectivity index (χ2v) is 6.20. The van der Waals surface area contributed by atoms with Crippen LogP contribution in [0.15, 0.2) is 34.9 Å². The number of benzene rings is 1. The number of hydrogen-bond acceptors (Lipinski definition) is 3. The van der Waals surface area contributed by atoms with E-state index in [1.54, 1.807) is 6.20 Å². The standard InChI is InChI=1S/C16H18BrN3O/c1-2-7-18-13-6-8-20(16(13)21)14-5-3-4-11-9-12(17)10-19-15(11)14/h3-5,9-10,13,18H,2,6-8H2,1H3. The molecule has 21 heavy (non-hydrogen) atoms. The summed E-state index contributed by atoms with van der Waals surface area (Å²) in [5, 5.41) is 4.36. The molecular weight excluding hydrogens is 330 g/mol.